The molecule has 2 unspecified atom stereocenters. The first-order valence-electron chi connectivity index (χ1n) is 17.8. The van der Waals surface area contributed by atoms with E-state index in [1.165, 1.54) is 0 Å². The molecule has 2 aromatic rings. The Balaban J connectivity index is 0.000000392. The molecule has 0 bridgehead atoms. The highest BCUT2D eigenvalue weighted by molar-refractivity contribution is 7.54. The molecule has 2 nitrogen and oxygen atoms in total. The van der Waals surface area contributed by atoms with Gasteiger partial charge in [-0.3, -0.25) is 9.59 Å². The van der Waals surface area contributed by atoms with Gasteiger partial charge in [-0.25, -0.2) is 47.7 Å². The Morgan fingerprint density at radius 1 is 0.725 bits per heavy atom. The van der Waals surface area contributed by atoms with Crippen LogP contribution in [0.5, 0.6) is 0 Å². The summed E-state index contributed by atoms with van der Waals surface area (Å²) in [5, 5.41) is 0.239. The van der Waals surface area contributed by atoms with Crippen molar-refractivity contribution in [2.75, 3.05) is 0 Å². The van der Waals surface area contributed by atoms with Gasteiger partial charge in [0.1, 0.15) is 0 Å². The van der Waals surface area contributed by atoms with Crippen LogP contribution in [0.25, 0.3) is 0 Å². The number of allylic oxidation sites excluding steroid dienone is 2. The van der Waals surface area contributed by atoms with Gasteiger partial charge in [-0.2, -0.15) is 0 Å². The third-order valence-corrected chi connectivity index (χ3v) is 11.3. The van der Waals surface area contributed by atoms with Crippen LogP contribution < -0.4 is 5.19 Å². The summed E-state index contributed by atoms with van der Waals surface area (Å²) in [6.07, 6.45) is 10.2. The average Bonchev–Trinajstić information content (AvgIpc) is 3.64. The zero-order chi connectivity index (χ0) is 39.2. The van der Waals surface area contributed by atoms with Gasteiger partial charge in [-0.15, -0.1) is 0 Å². The fraction of sp³-hybridized carbons (Fsp3) is 0.538. The Bertz CT molecular complexity index is 1530. The Labute approximate surface area is 326 Å². The van der Waals surface area contributed by atoms with Crippen molar-refractivity contribution < 1.29 is 27.2 Å². The number of carbonyl (C=O) groups is 2. The van der Waals surface area contributed by atoms with Gasteiger partial charge in [0.15, 0.2) is 29.1 Å². The number of fused-ring (bicyclic) bond motifs is 2. The monoisotopic (exact) mass is 824 g/mol. The summed E-state index contributed by atoms with van der Waals surface area (Å²) >= 11 is 3.35. The van der Waals surface area contributed by atoms with Crippen molar-refractivity contribution in [2.45, 2.75) is 136 Å². The minimum atomic E-state index is -1.81. The second kappa shape index (κ2) is 23.0. The smallest absolute Gasteiger partial charge is 0.289 e. The van der Waals surface area contributed by atoms with Crippen LogP contribution in [0.3, 0.4) is 0 Å². The number of aryl methyl sites for hydroxylation is 2. The predicted molar refractivity (Wildman–Crippen MR) is 214 cm³/mol. The molecule has 0 N–H and O–H groups in total. The van der Waals surface area contributed by atoms with Gasteiger partial charge in [-0.05, 0) is 114 Å². The lowest BCUT2D eigenvalue weighted by Crippen LogP contribution is -2.41. The highest BCUT2D eigenvalue weighted by Crippen LogP contribution is 2.41. The molecule has 2 aliphatic carbocycles. The lowest BCUT2D eigenvalue weighted by molar-refractivity contribution is -0.108. The highest BCUT2D eigenvalue weighted by Gasteiger charge is 2.33. The molecule has 51 heavy (non-hydrogen) atoms. The maximum absolute atomic E-state index is 14.4. The molecule has 0 fully saturated rings. The van der Waals surface area contributed by atoms with Crippen LogP contribution in [0, 0.1) is 23.3 Å². The van der Waals surface area contributed by atoms with Crippen molar-refractivity contribution in [1.82, 2.24) is 0 Å². The first kappa shape index (κ1) is 47.9. The summed E-state index contributed by atoms with van der Waals surface area (Å²) in [5.41, 5.74) is 3.72. The Morgan fingerprint density at radius 2 is 1.14 bits per heavy atom. The van der Waals surface area contributed by atoms with E-state index in [1.54, 1.807) is 6.07 Å². The quantitative estimate of drug-likeness (QED) is 0.0702. The number of benzene rings is 2. The third kappa shape index (κ3) is 14.2. The number of hydrogen-bond acceptors (Lipinski definition) is 2. The van der Waals surface area contributed by atoms with Crippen LogP contribution >= 0.6 is 41.7 Å². The molecule has 4 rings (SSSR count). The van der Waals surface area contributed by atoms with Crippen LogP contribution in [-0.4, -0.2) is 30.5 Å². The largest absolute Gasteiger partial charge is 0.643 e. The lowest BCUT2D eigenvalue weighted by Gasteiger charge is -2.21. The van der Waals surface area contributed by atoms with Crippen LogP contribution in [0.2, 0.25) is 19.6 Å². The third-order valence-electron chi connectivity index (χ3n) is 9.03. The van der Waals surface area contributed by atoms with E-state index in [1.807, 2.05) is 26.8 Å². The van der Waals surface area contributed by atoms with Crippen LogP contribution in [0.15, 0.2) is 36.4 Å². The van der Waals surface area contributed by atoms with Gasteiger partial charge < -0.3 is 0 Å². The second-order valence-corrected chi connectivity index (χ2v) is 25.9. The van der Waals surface area contributed by atoms with Gasteiger partial charge in [-0.1, -0.05) is 92.2 Å². The second-order valence-electron chi connectivity index (χ2n) is 14.1. The van der Waals surface area contributed by atoms with E-state index < -0.39 is 53.8 Å². The predicted octanol–water partition coefficient (Wildman–Crippen LogP) is 13.5. The van der Waals surface area contributed by atoms with Crippen LogP contribution in [-0.2, 0) is 17.6 Å². The fourth-order valence-electron chi connectivity index (χ4n) is 6.62. The average molecular weight is 827 g/mol. The molecule has 0 heterocycles. The zero-order valence-corrected chi connectivity index (χ0v) is 36.3. The van der Waals surface area contributed by atoms with Gasteiger partial charge >= 0.3 is 11.4 Å². The summed E-state index contributed by atoms with van der Waals surface area (Å²) in [4.78, 5) is 22.4. The number of ketones is 1. The molecule has 0 aromatic heterocycles. The summed E-state index contributed by atoms with van der Waals surface area (Å²) in [6.45, 7) is 21.4. The van der Waals surface area contributed by atoms with Crippen molar-refractivity contribution in [1.29, 1.82) is 0 Å². The molecular formula is C39H53AlCl4F4O2Si. The molecule has 0 saturated carbocycles. The lowest BCUT2D eigenvalue weighted by atomic mass is 9.92. The van der Waals surface area contributed by atoms with E-state index in [0.29, 0.717) is 40.3 Å². The SMILES string of the molecule is C=C(CCC)C(=O)Cl.C=C(CCC)C(=O)c1cc2c(c(F)c1F)C(CCC)CC2.CCCC1CCc2cc([Si](C)(C)C)c(F)c(F)c21.[Cl][Al]([Cl])[Cl]. The standard InChI is InChI=1S/C18H22F2O.C15H22F2Si.C6H9ClO.Al.3ClH/c1-4-6-11(3)18(21)14-10-13-9-8-12(7-5-2)15(13)17(20)16(14)19;1-5-6-10-7-8-11-9-12(18(2,3)4)14(16)15(17)13(10)11;1-3-4-5(2)6(7)8;;;;/h10,12H,3-9H2,1-2H3;9-10H,5-8H2,1-4H3;2-4H2,1H3;;3*1H/q;;;+3;;;/p-3. The minimum absolute atomic E-state index is 0.0856. The molecular weight excluding hydrogens is 773 g/mol. The van der Waals surface area contributed by atoms with E-state index in [4.69, 9.17) is 41.7 Å². The number of Topliss-reactive ketones (excluding diaryl/α,β-unsaturated/α-hetero) is 1. The van der Waals surface area contributed by atoms with Crippen molar-refractivity contribution in [2.24, 2.45) is 0 Å². The van der Waals surface area contributed by atoms with Crippen LogP contribution in [0.4, 0.5) is 17.6 Å². The Morgan fingerprint density at radius 3 is 1.51 bits per heavy atom. The number of halogens is 8. The summed E-state index contributed by atoms with van der Waals surface area (Å²) < 4.78 is 57.2. The van der Waals surface area contributed by atoms with Crippen molar-refractivity contribution in [3.05, 3.63) is 87.5 Å². The molecule has 284 valence electrons. The molecule has 12 heteroatoms. The Hall–Kier alpha value is -1.11. The van der Waals surface area contributed by atoms with E-state index >= 15 is 0 Å². The fourth-order valence-corrected chi connectivity index (χ4v) is 8.09. The number of carbonyl (C=O) groups excluding carboxylic acids is 2. The van der Waals surface area contributed by atoms with E-state index in [9.17, 15) is 27.2 Å². The van der Waals surface area contributed by atoms with Crippen molar-refractivity contribution in [3.63, 3.8) is 0 Å². The van der Waals surface area contributed by atoms with Gasteiger partial charge in [0, 0.05) is 5.57 Å². The van der Waals surface area contributed by atoms with Crippen molar-refractivity contribution in [3.8, 4) is 0 Å². The van der Waals surface area contributed by atoms with Gasteiger partial charge in [0.05, 0.1) is 13.6 Å². The molecule has 0 spiro atoms. The molecule has 0 saturated heterocycles. The molecule has 0 amide bonds. The first-order valence-corrected chi connectivity index (χ1v) is 26.9. The maximum Gasteiger partial charge on any atom is 0.643 e. The van der Waals surface area contributed by atoms with E-state index in [-0.39, 0.29) is 17.4 Å². The minimum Gasteiger partial charge on any atom is -0.289 e. The molecule has 0 radical (unpaired) electrons. The van der Waals surface area contributed by atoms with Gasteiger partial charge in [0.25, 0.3) is 0 Å². The first-order chi connectivity index (χ1) is 23.8. The summed E-state index contributed by atoms with van der Waals surface area (Å²) in [5.74, 6) is -3.10. The zero-order valence-electron chi connectivity index (χ0n) is 31.1. The molecule has 2 atom stereocenters. The topological polar surface area (TPSA) is 34.1 Å². The number of hydrogen-bond donors (Lipinski definition) is 0. The van der Waals surface area contributed by atoms with E-state index in [0.717, 1.165) is 75.3 Å². The maximum atomic E-state index is 14.4. The molecule has 2 aliphatic rings. The summed E-state index contributed by atoms with van der Waals surface area (Å²) in [6, 6.07) is 3.50. The van der Waals surface area contributed by atoms with E-state index in [2.05, 4.69) is 39.7 Å². The van der Waals surface area contributed by atoms with Crippen LogP contribution in [0.1, 0.15) is 136 Å². The summed E-state index contributed by atoms with van der Waals surface area (Å²) in [7, 11) is 13.0. The molecule has 0 aliphatic heterocycles. The number of rotatable bonds is 12. The highest BCUT2D eigenvalue weighted by atomic mass is 35.8. The van der Waals surface area contributed by atoms with Crippen molar-refractivity contribution >= 4 is 77.4 Å². The van der Waals surface area contributed by atoms with Gasteiger partial charge in [0.2, 0.25) is 5.24 Å². The Kier molecular flexibility index (Phi) is 21.6. The molecule has 2 aromatic carbocycles. The normalized spacial score (nSPS) is 15.6.